The van der Waals surface area contributed by atoms with Crippen molar-refractivity contribution in [3.8, 4) is 11.1 Å². The Labute approximate surface area is 119 Å². The molecule has 0 aliphatic heterocycles. The van der Waals surface area contributed by atoms with Crippen molar-refractivity contribution in [3.63, 3.8) is 0 Å². The minimum absolute atomic E-state index is 0.168. The zero-order valence-corrected chi connectivity index (χ0v) is 12.4. The fourth-order valence-corrected chi connectivity index (χ4v) is 2.05. The summed E-state index contributed by atoms with van der Waals surface area (Å²) in [6.07, 6.45) is 4.79. The first-order valence-corrected chi connectivity index (χ1v) is 7.14. The van der Waals surface area contributed by atoms with E-state index in [0.717, 1.165) is 24.1 Å². The summed E-state index contributed by atoms with van der Waals surface area (Å²) < 4.78 is 16.0. The molecule has 0 atom stereocenters. The molecule has 3 nitrogen and oxygen atoms in total. The van der Waals surface area contributed by atoms with Crippen LogP contribution in [0.5, 0.6) is 0 Å². The normalized spacial score (nSPS) is 11.2. The van der Waals surface area contributed by atoms with E-state index in [0.29, 0.717) is 18.2 Å². The molecule has 0 spiro atoms. The van der Waals surface area contributed by atoms with Crippen LogP contribution in [-0.2, 0) is 13.1 Å². The van der Waals surface area contributed by atoms with E-state index in [4.69, 9.17) is 0 Å². The molecule has 0 bridgehead atoms. The molecule has 0 radical (unpaired) electrons. The number of nitrogens with one attached hydrogen (secondary N) is 1. The minimum atomic E-state index is -0.168. The molecule has 0 aliphatic rings. The topological polar surface area (TPSA) is 29.9 Å². The number of rotatable bonds is 6. The van der Waals surface area contributed by atoms with Gasteiger partial charge >= 0.3 is 0 Å². The van der Waals surface area contributed by atoms with Gasteiger partial charge in [0.15, 0.2) is 0 Å². The van der Waals surface area contributed by atoms with Crippen LogP contribution in [0.4, 0.5) is 4.39 Å². The minimum Gasteiger partial charge on any atom is -0.310 e. The van der Waals surface area contributed by atoms with E-state index in [1.165, 1.54) is 0 Å². The molecule has 0 fully saturated rings. The van der Waals surface area contributed by atoms with E-state index in [-0.39, 0.29) is 5.82 Å². The number of aryl methyl sites for hydroxylation is 1. The maximum absolute atomic E-state index is 14.1. The summed E-state index contributed by atoms with van der Waals surface area (Å²) >= 11 is 0. The molecule has 2 aromatic rings. The van der Waals surface area contributed by atoms with Crippen LogP contribution in [0.25, 0.3) is 11.1 Å². The van der Waals surface area contributed by atoms with E-state index in [1.54, 1.807) is 12.3 Å². The Balaban J connectivity index is 2.14. The Morgan fingerprint density at radius 1 is 1.30 bits per heavy atom. The average molecular weight is 275 g/mol. The van der Waals surface area contributed by atoms with Gasteiger partial charge < -0.3 is 5.32 Å². The van der Waals surface area contributed by atoms with Crippen LogP contribution in [-0.4, -0.2) is 15.8 Å². The standard InChI is InChI=1S/C16H22FN3/c1-4-7-20-11-15(10-19-20)13-5-6-14(16(17)8-13)9-18-12(2)3/h5-6,8,10-12,18H,4,7,9H2,1-3H3. The van der Waals surface area contributed by atoms with Crippen LogP contribution in [0.1, 0.15) is 32.8 Å². The van der Waals surface area contributed by atoms with Crippen LogP contribution < -0.4 is 5.32 Å². The highest BCUT2D eigenvalue weighted by Gasteiger charge is 2.07. The van der Waals surface area contributed by atoms with Crippen molar-refractivity contribution >= 4 is 0 Å². The van der Waals surface area contributed by atoms with Crippen molar-refractivity contribution in [1.82, 2.24) is 15.1 Å². The van der Waals surface area contributed by atoms with E-state index in [2.05, 4.69) is 17.3 Å². The van der Waals surface area contributed by atoms with Crippen molar-refractivity contribution in [2.24, 2.45) is 0 Å². The summed E-state index contributed by atoms with van der Waals surface area (Å²) in [6.45, 7) is 7.65. The maximum atomic E-state index is 14.1. The third-order valence-electron chi connectivity index (χ3n) is 3.17. The third kappa shape index (κ3) is 3.67. The van der Waals surface area contributed by atoms with Gasteiger partial charge in [0.25, 0.3) is 0 Å². The zero-order valence-electron chi connectivity index (χ0n) is 12.4. The lowest BCUT2D eigenvalue weighted by molar-refractivity contribution is 0.553. The molecule has 1 aromatic heterocycles. The van der Waals surface area contributed by atoms with Crippen molar-refractivity contribution in [1.29, 1.82) is 0 Å². The van der Waals surface area contributed by atoms with Crippen LogP contribution >= 0.6 is 0 Å². The smallest absolute Gasteiger partial charge is 0.128 e. The monoisotopic (exact) mass is 275 g/mol. The zero-order chi connectivity index (χ0) is 14.5. The van der Waals surface area contributed by atoms with Gasteiger partial charge in [-0.3, -0.25) is 4.68 Å². The molecule has 0 saturated carbocycles. The van der Waals surface area contributed by atoms with E-state index in [1.807, 2.05) is 36.9 Å². The second-order valence-corrected chi connectivity index (χ2v) is 5.33. The number of hydrogen-bond donors (Lipinski definition) is 1. The first kappa shape index (κ1) is 14.7. The van der Waals surface area contributed by atoms with Crippen molar-refractivity contribution in [2.45, 2.75) is 46.3 Å². The van der Waals surface area contributed by atoms with Crippen LogP contribution in [0, 0.1) is 5.82 Å². The van der Waals surface area contributed by atoms with Crippen molar-refractivity contribution in [3.05, 3.63) is 42.0 Å². The molecule has 1 aromatic carbocycles. The summed E-state index contributed by atoms with van der Waals surface area (Å²) in [5, 5.41) is 7.50. The molecule has 1 N–H and O–H groups in total. The predicted molar refractivity (Wildman–Crippen MR) is 79.9 cm³/mol. The van der Waals surface area contributed by atoms with Crippen LogP contribution in [0.15, 0.2) is 30.6 Å². The van der Waals surface area contributed by atoms with Gasteiger partial charge in [0.1, 0.15) is 5.82 Å². The largest absolute Gasteiger partial charge is 0.310 e. The third-order valence-corrected chi connectivity index (χ3v) is 3.17. The summed E-state index contributed by atoms with van der Waals surface area (Å²) in [4.78, 5) is 0. The first-order valence-electron chi connectivity index (χ1n) is 7.14. The number of nitrogens with zero attached hydrogens (tertiary/aromatic N) is 2. The number of aromatic nitrogens is 2. The highest BCUT2D eigenvalue weighted by atomic mass is 19.1. The van der Waals surface area contributed by atoms with Gasteiger partial charge in [-0.2, -0.15) is 5.10 Å². The molecule has 108 valence electrons. The Kier molecular flexibility index (Phi) is 4.90. The molecule has 1 heterocycles. The Morgan fingerprint density at radius 3 is 2.75 bits per heavy atom. The molecule has 2 rings (SSSR count). The van der Waals surface area contributed by atoms with Crippen molar-refractivity contribution in [2.75, 3.05) is 0 Å². The molecular weight excluding hydrogens is 253 g/mol. The Bertz CT molecular complexity index is 561. The highest BCUT2D eigenvalue weighted by molar-refractivity contribution is 5.62. The Hall–Kier alpha value is -1.68. The van der Waals surface area contributed by atoms with Gasteiger partial charge in [-0.25, -0.2) is 4.39 Å². The second-order valence-electron chi connectivity index (χ2n) is 5.33. The van der Waals surface area contributed by atoms with E-state index >= 15 is 0 Å². The summed E-state index contributed by atoms with van der Waals surface area (Å²) in [6, 6.07) is 5.73. The van der Waals surface area contributed by atoms with E-state index in [9.17, 15) is 4.39 Å². The quantitative estimate of drug-likeness (QED) is 0.873. The number of halogens is 1. The highest BCUT2D eigenvalue weighted by Crippen LogP contribution is 2.21. The van der Waals surface area contributed by atoms with Gasteiger partial charge in [0, 0.05) is 36.5 Å². The fourth-order valence-electron chi connectivity index (χ4n) is 2.05. The van der Waals surface area contributed by atoms with Gasteiger partial charge in [-0.05, 0) is 18.1 Å². The van der Waals surface area contributed by atoms with E-state index < -0.39 is 0 Å². The van der Waals surface area contributed by atoms with Gasteiger partial charge in [0.2, 0.25) is 0 Å². The Morgan fingerprint density at radius 2 is 2.10 bits per heavy atom. The van der Waals surface area contributed by atoms with Crippen LogP contribution in [0.3, 0.4) is 0 Å². The number of benzene rings is 1. The lowest BCUT2D eigenvalue weighted by atomic mass is 10.1. The molecule has 4 heteroatoms. The predicted octanol–water partition coefficient (Wildman–Crippen LogP) is 3.60. The van der Waals surface area contributed by atoms with Crippen LogP contribution in [0.2, 0.25) is 0 Å². The molecule has 0 amide bonds. The summed E-state index contributed by atoms with van der Waals surface area (Å²) in [5.74, 6) is -0.168. The fraction of sp³-hybridized carbons (Fsp3) is 0.438. The summed E-state index contributed by atoms with van der Waals surface area (Å²) in [5.41, 5.74) is 2.53. The van der Waals surface area contributed by atoms with Gasteiger partial charge in [-0.15, -0.1) is 0 Å². The summed E-state index contributed by atoms with van der Waals surface area (Å²) in [7, 11) is 0. The van der Waals surface area contributed by atoms with Gasteiger partial charge in [0.05, 0.1) is 6.20 Å². The lowest BCUT2D eigenvalue weighted by Gasteiger charge is -2.09. The van der Waals surface area contributed by atoms with Crippen molar-refractivity contribution < 1.29 is 4.39 Å². The molecule has 0 saturated heterocycles. The maximum Gasteiger partial charge on any atom is 0.128 e. The molecule has 0 aliphatic carbocycles. The lowest BCUT2D eigenvalue weighted by Crippen LogP contribution is -2.22. The average Bonchev–Trinajstić information content (AvgIpc) is 2.86. The molecular formula is C16H22FN3. The van der Waals surface area contributed by atoms with Gasteiger partial charge in [-0.1, -0.05) is 32.9 Å². The molecule has 20 heavy (non-hydrogen) atoms. The SMILES string of the molecule is CCCn1cc(-c2ccc(CNC(C)C)c(F)c2)cn1. The first-order chi connectivity index (χ1) is 9.60. The molecule has 0 unspecified atom stereocenters. The second kappa shape index (κ2) is 6.66. The number of hydrogen-bond acceptors (Lipinski definition) is 2.